The second kappa shape index (κ2) is 6.78. The lowest BCUT2D eigenvalue weighted by molar-refractivity contribution is -0.384. The zero-order chi connectivity index (χ0) is 18.0. The molecular formula is C18H13ClN2O4. The highest BCUT2D eigenvalue weighted by atomic mass is 35.5. The summed E-state index contributed by atoms with van der Waals surface area (Å²) in [5.41, 5.74) is 0.857. The number of non-ortho nitro benzene ring substituents is 1. The van der Waals surface area contributed by atoms with Crippen LogP contribution in [0.25, 0.3) is 11.1 Å². The molecule has 1 heterocycles. The van der Waals surface area contributed by atoms with E-state index in [1.165, 1.54) is 28.8 Å². The summed E-state index contributed by atoms with van der Waals surface area (Å²) >= 11 is 6.12. The number of aromatic nitrogens is 1. The van der Waals surface area contributed by atoms with Crippen molar-refractivity contribution in [3.05, 3.63) is 86.3 Å². The van der Waals surface area contributed by atoms with Gasteiger partial charge in [0.25, 0.3) is 5.69 Å². The van der Waals surface area contributed by atoms with Crippen molar-refractivity contribution in [2.24, 2.45) is 7.05 Å². The lowest BCUT2D eigenvalue weighted by Crippen LogP contribution is -2.14. The molecular weight excluding hydrogens is 344 g/mol. The number of nitrogens with zero attached hydrogens (tertiary/aromatic N) is 2. The number of hydrogen-bond donors (Lipinski definition) is 0. The molecule has 0 spiro atoms. The number of pyridine rings is 1. The quantitative estimate of drug-likeness (QED) is 0.512. The van der Waals surface area contributed by atoms with Gasteiger partial charge in [0.1, 0.15) is 11.5 Å². The van der Waals surface area contributed by atoms with Crippen LogP contribution in [0.2, 0.25) is 5.02 Å². The third-order valence-electron chi connectivity index (χ3n) is 3.63. The monoisotopic (exact) mass is 356 g/mol. The zero-order valence-corrected chi connectivity index (χ0v) is 13.9. The van der Waals surface area contributed by atoms with Gasteiger partial charge in [0.05, 0.1) is 9.95 Å². The molecule has 0 radical (unpaired) electrons. The molecule has 0 unspecified atom stereocenters. The number of aryl methyl sites for hydroxylation is 1. The summed E-state index contributed by atoms with van der Waals surface area (Å²) < 4.78 is 7.25. The van der Waals surface area contributed by atoms with Crippen molar-refractivity contribution >= 4 is 17.3 Å². The first-order chi connectivity index (χ1) is 12.0. The van der Waals surface area contributed by atoms with Gasteiger partial charge in [-0.15, -0.1) is 0 Å². The Bertz CT molecular complexity index is 1010. The molecule has 0 saturated carbocycles. The van der Waals surface area contributed by atoms with Crippen LogP contribution in [0.1, 0.15) is 0 Å². The fraction of sp³-hybridized carbons (Fsp3) is 0.0556. The number of nitro benzene ring substituents is 1. The lowest BCUT2D eigenvalue weighted by Gasteiger charge is -2.13. The van der Waals surface area contributed by atoms with E-state index in [1.807, 2.05) is 0 Å². The highest BCUT2D eigenvalue weighted by Gasteiger charge is 2.15. The minimum atomic E-state index is -0.481. The Hall–Kier alpha value is -3.12. The number of benzene rings is 2. The molecule has 0 aliphatic heterocycles. The molecule has 25 heavy (non-hydrogen) atoms. The number of rotatable bonds is 4. The van der Waals surface area contributed by atoms with Gasteiger partial charge in [0.2, 0.25) is 5.56 Å². The summed E-state index contributed by atoms with van der Waals surface area (Å²) in [5.74, 6) is 0.835. The number of hydrogen-bond acceptors (Lipinski definition) is 4. The van der Waals surface area contributed by atoms with Crippen molar-refractivity contribution < 1.29 is 9.66 Å². The second-order valence-corrected chi connectivity index (χ2v) is 5.74. The van der Waals surface area contributed by atoms with Crippen LogP contribution >= 0.6 is 11.6 Å². The van der Waals surface area contributed by atoms with Gasteiger partial charge in [0.15, 0.2) is 0 Å². The average molecular weight is 357 g/mol. The van der Waals surface area contributed by atoms with Crippen molar-refractivity contribution in [3.8, 4) is 22.6 Å². The molecule has 6 nitrogen and oxygen atoms in total. The summed E-state index contributed by atoms with van der Waals surface area (Å²) in [5, 5.41) is 11.5. The number of halogens is 1. The van der Waals surface area contributed by atoms with E-state index in [1.54, 1.807) is 43.6 Å². The Labute approximate surface area is 148 Å². The first kappa shape index (κ1) is 16.7. The van der Waals surface area contributed by atoms with E-state index in [0.717, 1.165) is 0 Å². The molecule has 0 aliphatic rings. The Morgan fingerprint density at radius 2 is 1.84 bits per heavy atom. The third kappa shape index (κ3) is 3.54. The van der Waals surface area contributed by atoms with Gasteiger partial charge in [-0.05, 0) is 24.3 Å². The zero-order valence-electron chi connectivity index (χ0n) is 13.2. The molecule has 0 N–H and O–H groups in total. The van der Waals surface area contributed by atoms with Gasteiger partial charge in [-0.25, -0.2) is 0 Å². The van der Waals surface area contributed by atoms with Crippen LogP contribution in [0.3, 0.4) is 0 Å². The third-order valence-corrected chi connectivity index (χ3v) is 3.94. The molecule has 2 aromatic carbocycles. The highest BCUT2D eigenvalue weighted by Crippen LogP contribution is 2.37. The molecule has 0 bridgehead atoms. The van der Waals surface area contributed by atoms with Crippen LogP contribution in [-0.4, -0.2) is 9.49 Å². The molecule has 1 aromatic heterocycles. The van der Waals surface area contributed by atoms with Gasteiger partial charge in [-0.2, -0.15) is 0 Å². The van der Waals surface area contributed by atoms with Crippen molar-refractivity contribution in [1.29, 1.82) is 0 Å². The lowest BCUT2D eigenvalue weighted by atomic mass is 10.1. The van der Waals surface area contributed by atoms with E-state index < -0.39 is 4.92 Å². The van der Waals surface area contributed by atoms with Crippen LogP contribution in [0, 0.1) is 10.1 Å². The smallest absolute Gasteiger partial charge is 0.270 e. The molecule has 0 amide bonds. The van der Waals surface area contributed by atoms with Gasteiger partial charge in [-0.1, -0.05) is 23.7 Å². The van der Waals surface area contributed by atoms with E-state index in [-0.39, 0.29) is 11.2 Å². The predicted molar refractivity (Wildman–Crippen MR) is 95.3 cm³/mol. The topological polar surface area (TPSA) is 74.4 Å². The van der Waals surface area contributed by atoms with E-state index in [2.05, 4.69) is 0 Å². The van der Waals surface area contributed by atoms with Crippen molar-refractivity contribution in [2.75, 3.05) is 0 Å². The number of ether oxygens (including phenoxy) is 1. The van der Waals surface area contributed by atoms with E-state index >= 15 is 0 Å². The molecule has 7 heteroatoms. The second-order valence-electron chi connectivity index (χ2n) is 5.34. The van der Waals surface area contributed by atoms with Gasteiger partial charge < -0.3 is 9.30 Å². The maximum atomic E-state index is 11.6. The van der Waals surface area contributed by atoms with Crippen LogP contribution in [0.5, 0.6) is 11.5 Å². The highest BCUT2D eigenvalue weighted by molar-refractivity contribution is 6.32. The van der Waals surface area contributed by atoms with Crippen LogP contribution in [-0.2, 0) is 7.05 Å². The van der Waals surface area contributed by atoms with E-state index in [0.29, 0.717) is 27.6 Å². The maximum absolute atomic E-state index is 11.6. The Morgan fingerprint density at radius 1 is 1.08 bits per heavy atom. The van der Waals surface area contributed by atoms with Crippen LogP contribution in [0.4, 0.5) is 5.69 Å². The van der Waals surface area contributed by atoms with Crippen molar-refractivity contribution in [2.45, 2.75) is 0 Å². The minimum Gasteiger partial charge on any atom is -0.455 e. The summed E-state index contributed by atoms with van der Waals surface area (Å²) in [6, 6.07) is 14.2. The maximum Gasteiger partial charge on any atom is 0.270 e. The van der Waals surface area contributed by atoms with Crippen molar-refractivity contribution in [1.82, 2.24) is 4.57 Å². The van der Waals surface area contributed by atoms with Crippen LogP contribution in [0.15, 0.2) is 65.6 Å². The summed E-state index contributed by atoms with van der Waals surface area (Å²) in [6.45, 7) is 0. The number of para-hydroxylation sites is 1. The van der Waals surface area contributed by atoms with E-state index in [4.69, 9.17) is 16.3 Å². The molecule has 126 valence electrons. The first-order valence-corrected chi connectivity index (χ1v) is 7.71. The van der Waals surface area contributed by atoms with Gasteiger partial charge >= 0.3 is 0 Å². The predicted octanol–water partition coefficient (Wildman–Crippen LogP) is 4.41. The average Bonchev–Trinajstić information content (AvgIpc) is 2.59. The fourth-order valence-corrected chi connectivity index (χ4v) is 2.52. The molecule has 0 aliphatic carbocycles. The largest absolute Gasteiger partial charge is 0.455 e. The SMILES string of the molecule is Cn1cc(-c2cc([N+](=O)[O-])ccc2Oc2ccccc2Cl)ccc1=O. The Balaban J connectivity index is 2.14. The summed E-state index contributed by atoms with van der Waals surface area (Å²) in [4.78, 5) is 22.2. The van der Waals surface area contributed by atoms with E-state index in [9.17, 15) is 14.9 Å². The molecule has 0 atom stereocenters. The van der Waals surface area contributed by atoms with Crippen LogP contribution < -0.4 is 10.3 Å². The normalized spacial score (nSPS) is 10.5. The molecule has 0 saturated heterocycles. The first-order valence-electron chi connectivity index (χ1n) is 7.33. The minimum absolute atomic E-state index is 0.0737. The fourth-order valence-electron chi connectivity index (χ4n) is 2.35. The Kier molecular flexibility index (Phi) is 4.54. The van der Waals surface area contributed by atoms with Gasteiger partial charge in [0, 0.05) is 42.6 Å². The standard InChI is InChI=1S/C18H13ClN2O4/c1-20-11-12(6-9-18(20)22)14-10-13(21(23)24)7-8-16(14)25-17-5-3-2-4-15(17)19/h2-11H,1H3. The molecule has 3 rings (SSSR count). The summed E-state index contributed by atoms with van der Waals surface area (Å²) in [6.07, 6.45) is 1.60. The van der Waals surface area contributed by atoms with Gasteiger partial charge in [-0.3, -0.25) is 14.9 Å². The molecule has 0 fully saturated rings. The Morgan fingerprint density at radius 3 is 2.52 bits per heavy atom. The number of nitro groups is 1. The summed E-state index contributed by atoms with van der Waals surface area (Å²) in [7, 11) is 1.61. The van der Waals surface area contributed by atoms with Crippen molar-refractivity contribution in [3.63, 3.8) is 0 Å². The molecule has 3 aromatic rings.